The van der Waals surface area contributed by atoms with Gasteiger partial charge in [-0.25, -0.2) is 0 Å². The molecule has 1 aromatic rings. The average molecular weight is 280 g/mol. The maximum atomic E-state index is 12.4. The van der Waals surface area contributed by atoms with E-state index in [9.17, 15) is 18.3 Å². The fourth-order valence-electron chi connectivity index (χ4n) is 1.06. The molecule has 0 heterocycles. The number of hydrogen-bond donors (Lipinski definition) is 1. The van der Waals surface area contributed by atoms with Crippen LogP contribution in [0.1, 0.15) is 11.1 Å². The minimum absolute atomic E-state index is 0.0671. The summed E-state index contributed by atoms with van der Waals surface area (Å²) in [6.07, 6.45) is -4.76. The Morgan fingerprint density at radius 2 is 2.00 bits per heavy atom. The van der Waals surface area contributed by atoms with Crippen LogP contribution in [0.4, 0.5) is 13.2 Å². The van der Waals surface area contributed by atoms with Crippen LogP contribution in [-0.4, -0.2) is 5.11 Å². The van der Waals surface area contributed by atoms with Gasteiger partial charge in [0.15, 0.2) is 0 Å². The molecule has 1 rings (SSSR count). The van der Waals surface area contributed by atoms with Gasteiger partial charge in [0.1, 0.15) is 5.75 Å². The number of halogens is 4. The van der Waals surface area contributed by atoms with Crippen molar-refractivity contribution in [3.05, 3.63) is 27.7 Å². The average Bonchev–Trinajstić information content (AvgIpc) is 2.09. The Labute approximate surface area is 92.1 Å². The molecule has 0 fully saturated rings. The number of nitrogens with zero attached hydrogens (tertiary/aromatic N) is 1. The van der Waals surface area contributed by atoms with E-state index < -0.39 is 17.5 Å². The highest BCUT2D eigenvalue weighted by molar-refractivity contribution is 9.10. The van der Waals surface area contributed by atoms with Crippen molar-refractivity contribution in [2.45, 2.75) is 12.6 Å². The molecule has 1 N–H and O–H groups in total. The molecular formula is C9H5BrF3NO. The zero-order chi connectivity index (χ0) is 11.6. The lowest BCUT2D eigenvalue weighted by Gasteiger charge is -2.11. The number of benzene rings is 1. The minimum atomic E-state index is -4.63. The second-order valence-corrected chi connectivity index (χ2v) is 3.66. The van der Waals surface area contributed by atoms with Gasteiger partial charge in [-0.3, -0.25) is 0 Å². The quantitative estimate of drug-likeness (QED) is 0.858. The van der Waals surface area contributed by atoms with E-state index in [4.69, 9.17) is 5.26 Å². The first kappa shape index (κ1) is 11.9. The summed E-state index contributed by atoms with van der Waals surface area (Å²) in [6, 6.07) is 3.79. The van der Waals surface area contributed by atoms with Crippen LogP contribution in [0.3, 0.4) is 0 Å². The highest BCUT2D eigenvalue weighted by Crippen LogP contribution is 2.40. The number of rotatable bonds is 1. The van der Waals surface area contributed by atoms with Gasteiger partial charge in [-0.2, -0.15) is 18.4 Å². The van der Waals surface area contributed by atoms with Gasteiger partial charge < -0.3 is 5.11 Å². The van der Waals surface area contributed by atoms with Gasteiger partial charge in [0.25, 0.3) is 0 Å². The van der Waals surface area contributed by atoms with E-state index in [1.54, 1.807) is 6.07 Å². The molecule has 0 aliphatic rings. The predicted molar refractivity (Wildman–Crippen MR) is 50.1 cm³/mol. The largest absolute Gasteiger partial charge is 0.506 e. The standard InChI is InChI=1S/C9H5BrF3NO/c10-7-4-5(1-2-14)3-6(8(7)15)9(11,12)13/h3-4,15H,1H2. The van der Waals surface area contributed by atoms with Crippen molar-refractivity contribution < 1.29 is 18.3 Å². The second-order valence-electron chi connectivity index (χ2n) is 2.81. The van der Waals surface area contributed by atoms with Crippen molar-refractivity contribution >= 4 is 15.9 Å². The SMILES string of the molecule is N#CCc1cc(Br)c(O)c(C(F)(F)F)c1. The van der Waals surface area contributed by atoms with Gasteiger partial charge in [0, 0.05) is 0 Å². The summed E-state index contributed by atoms with van der Waals surface area (Å²) in [5.74, 6) is -0.857. The number of alkyl halides is 3. The minimum Gasteiger partial charge on any atom is -0.506 e. The van der Waals surface area contributed by atoms with Crippen LogP contribution in [-0.2, 0) is 12.6 Å². The number of hydrogen-bond acceptors (Lipinski definition) is 2. The van der Waals surface area contributed by atoms with E-state index in [-0.39, 0.29) is 16.5 Å². The number of aromatic hydroxyl groups is 1. The van der Waals surface area contributed by atoms with Crippen LogP contribution in [0.5, 0.6) is 5.75 Å². The van der Waals surface area contributed by atoms with E-state index in [1.165, 1.54) is 6.07 Å². The number of phenolic OH excluding ortho intramolecular Hbond substituents is 1. The molecule has 0 amide bonds. The van der Waals surface area contributed by atoms with E-state index in [0.29, 0.717) is 0 Å². The monoisotopic (exact) mass is 279 g/mol. The van der Waals surface area contributed by atoms with Crippen LogP contribution in [0.2, 0.25) is 0 Å². The number of nitriles is 1. The Hall–Kier alpha value is -1.22. The number of phenols is 1. The molecule has 80 valence electrons. The molecule has 0 aliphatic heterocycles. The van der Waals surface area contributed by atoms with Crippen LogP contribution in [0.25, 0.3) is 0 Å². The summed E-state index contributed by atoms with van der Waals surface area (Å²) < 4.78 is 37.1. The molecular weight excluding hydrogens is 275 g/mol. The summed E-state index contributed by atoms with van der Waals surface area (Å²) in [6.45, 7) is 0. The molecule has 0 aliphatic carbocycles. The van der Waals surface area contributed by atoms with Crippen LogP contribution < -0.4 is 0 Å². The lowest BCUT2D eigenvalue weighted by molar-refractivity contribution is -0.138. The zero-order valence-corrected chi connectivity index (χ0v) is 8.85. The molecule has 0 aromatic heterocycles. The molecule has 0 atom stereocenters. The molecule has 0 radical (unpaired) electrons. The van der Waals surface area contributed by atoms with E-state index in [1.807, 2.05) is 0 Å². The fraction of sp³-hybridized carbons (Fsp3) is 0.222. The van der Waals surface area contributed by atoms with Crippen LogP contribution in [0.15, 0.2) is 16.6 Å². The van der Waals surface area contributed by atoms with E-state index >= 15 is 0 Å². The van der Waals surface area contributed by atoms with Crippen LogP contribution >= 0.6 is 15.9 Å². The molecule has 1 aromatic carbocycles. The maximum Gasteiger partial charge on any atom is 0.420 e. The van der Waals surface area contributed by atoms with Crippen LogP contribution in [0, 0.1) is 11.3 Å². The first-order valence-corrected chi connectivity index (χ1v) is 4.61. The van der Waals surface area contributed by atoms with Gasteiger partial charge in [-0.1, -0.05) is 0 Å². The summed E-state index contributed by atoms with van der Waals surface area (Å²) in [7, 11) is 0. The third-order valence-electron chi connectivity index (χ3n) is 1.71. The third-order valence-corrected chi connectivity index (χ3v) is 2.32. The highest BCUT2D eigenvalue weighted by atomic mass is 79.9. The molecule has 2 nitrogen and oxygen atoms in total. The molecule has 0 spiro atoms. The van der Waals surface area contributed by atoms with Crippen molar-refractivity contribution in [3.63, 3.8) is 0 Å². The normalized spacial score (nSPS) is 11.1. The summed E-state index contributed by atoms with van der Waals surface area (Å²) >= 11 is 2.80. The first-order valence-electron chi connectivity index (χ1n) is 3.81. The Balaban J connectivity index is 3.33. The fourth-order valence-corrected chi connectivity index (χ4v) is 1.57. The summed E-state index contributed by atoms with van der Waals surface area (Å²) in [5, 5.41) is 17.5. The maximum absolute atomic E-state index is 12.4. The first-order chi connectivity index (χ1) is 6.86. The Morgan fingerprint density at radius 1 is 1.40 bits per heavy atom. The Bertz CT molecular complexity index is 423. The van der Waals surface area contributed by atoms with Gasteiger partial charge >= 0.3 is 6.18 Å². The molecule has 0 bridgehead atoms. The van der Waals surface area contributed by atoms with Gasteiger partial charge in [-0.15, -0.1) is 0 Å². The Kier molecular flexibility index (Phi) is 3.25. The smallest absolute Gasteiger partial charge is 0.420 e. The van der Waals surface area contributed by atoms with Crippen molar-refractivity contribution in [1.82, 2.24) is 0 Å². The lowest BCUT2D eigenvalue weighted by Crippen LogP contribution is -2.06. The molecule has 0 unspecified atom stereocenters. The summed E-state index contributed by atoms with van der Waals surface area (Å²) in [5.41, 5.74) is -0.934. The van der Waals surface area contributed by atoms with Crippen molar-refractivity contribution in [3.8, 4) is 11.8 Å². The van der Waals surface area contributed by atoms with Gasteiger partial charge in [0.05, 0.1) is 22.5 Å². The Morgan fingerprint density at radius 3 is 2.47 bits per heavy atom. The van der Waals surface area contributed by atoms with Crippen molar-refractivity contribution in [2.24, 2.45) is 0 Å². The zero-order valence-electron chi connectivity index (χ0n) is 7.27. The predicted octanol–water partition coefficient (Wildman–Crippen LogP) is 3.24. The van der Waals surface area contributed by atoms with Crippen molar-refractivity contribution in [2.75, 3.05) is 0 Å². The highest BCUT2D eigenvalue weighted by Gasteiger charge is 2.35. The topological polar surface area (TPSA) is 44.0 Å². The van der Waals surface area contributed by atoms with Gasteiger partial charge in [0.2, 0.25) is 0 Å². The second kappa shape index (κ2) is 4.11. The molecule has 0 saturated heterocycles. The molecule has 15 heavy (non-hydrogen) atoms. The molecule has 6 heteroatoms. The van der Waals surface area contributed by atoms with E-state index in [0.717, 1.165) is 6.07 Å². The van der Waals surface area contributed by atoms with Gasteiger partial charge in [-0.05, 0) is 33.6 Å². The van der Waals surface area contributed by atoms with Crippen molar-refractivity contribution in [1.29, 1.82) is 5.26 Å². The van der Waals surface area contributed by atoms with E-state index in [2.05, 4.69) is 15.9 Å². The third kappa shape index (κ3) is 2.63. The summed E-state index contributed by atoms with van der Waals surface area (Å²) in [4.78, 5) is 0. The lowest BCUT2D eigenvalue weighted by atomic mass is 10.1. The molecule has 0 saturated carbocycles.